The minimum Gasteiger partial charge on any atom is -0.493 e. The molecule has 3 aromatic heterocycles. The van der Waals surface area contributed by atoms with E-state index in [1.807, 2.05) is 35.7 Å². The van der Waals surface area contributed by atoms with E-state index in [9.17, 15) is 0 Å². The quantitative estimate of drug-likeness (QED) is 0.537. The van der Waals surface area contributed by atoms with Gasteiger partial charge in [0, 0.05) is 11.8 Å². The fourth-order valence-corrected chi connectivity index (χ4v) is 3.40. The van der Waals surface area contributed by atoms with Gasteiger partial charge in [-0.15, -0.1) is 16.4 Å². The van der Waals surface area contributed by atoms with Gasteiger partial charge >= 0.3 is 0 Å². The van der Waals surface area contributed by atoms with Crippen LogP contribution >= 0.6 is 11.3 Å². The highest BCUT2D eigenvalue weighted by Crippen LogP contribution is 2.41. The molecule has 3 heterocycles. The van der Waals surface area contributed by atoms with Crippen LogP contribution in [0.5, 0.6) is 17.2 Å². The van der Waals surface area contributed by atoms with Crippen molar-refractivity contribution in [2.24, 2.45) is 0 Å². The maximum absolute atomic E-state index is 5.45. The zero-order chi connectivity index (χ0) is 18.1. The van der Waals surface area contributed by atoms with Crippen LogP contribution in [0, 0.1) is 0 Å². The first kappa shape index (κ1) is 16.3. The maximum atomic E-state index is 5.45. The molecule has 0 amide bonds. The average molecular weight is 368 g/mol. The van der Waals surface area contributed by atoms with Crippen molar-refractivity contribution in [1.29, 1.82) is 0 Å². The van der Waals surface area contributed by atoms with Crippen LogP contribution in [-0.2, 0) is 0 Å². The Kier molecular flexibility index (Phi) is 4.18. The molecule has 0 bridgehead atoms. The molecule has 26 heavy (non-hydrogen) atoms. The van der Waals surface area contributed by atoms with E-state index in [2.05, 4.69) is 15.1 Å². The summed E-state index contributed by atoms with van der Waals surface area (Å²) in [5.74, 6) is 2.87. The Morgan fingerprint density at radius 2 is 1.77 bits per heavy atom. The Morgan fingerprint density at radius 1 is 1.00 bits per heavy atom. The van der Waals surface area contributed by atoms with Crippen LogP contribution in [0.25, 0.3) is 27.7 Å². The molecule has 4 rings (SSSR count). The Hall–Kier alpha value is -3.13. The number of rotatable bonds is 5. The summed E-state index contributed by atoms with van der Waals surface area (Å²) < 4.78 is 18.0. The van der Waals surface area contributed by atoms with Gasteiger partial charge < -0.3 is 14.2 Å². The van der Waals surface area contributed by atoms with Crippen molar-refractivity contribution in [2.45, 2.75) is 0 Å². The number of fused-ring (bicyclic) bond motifs is 1. The SMILES string of the molecule is COc1cc(-c2ccnc3nc(-c4cccs4)nn23)cc(OC)c1OC. The highest BCUT2D eigenvalue weighted by molar-refractivity contribution is 7.13. The van der Waals surface area contributed by atoms with Crippen molar-refractivity contribution < 1.29 is 14.2 Å². The van der Waals surface area contributed by atoms with Gasteiger partial charge in [0.05, 0.1) is 31.9 Å². The third-order valence-electron chi connectivity index (χ3n) is 3.94. The van der Waals surface area contributed by atoms with Crippen LogP contribution in [0.3, 0.4) is 0 Å². The van der Waals surface area contributed by atoms with Gasteiger partial charge in [-0.1, -0.05) is 6.07 Å². The summed E-state index contributed by atoms with van der Waals surface area (Å²) in [6.45, 7) is 0. The van der Waals surface area contributed by atoms with Gasteiger partial charge in [-0.25, -0.2) is 4.98 Å². The van der Waals surface area contributed by atoms with E-state index in [0.29, 0.717) is 28.9 Å². The first-order chi connectivity index (χ1) is 12.7. The first-order valence-electron chi connectivity index (χ1n) is 7.81. The number of benzene rings is 1. The zero-order valence-electron chi connectivity index (χ0n) is 14.5. The van der Waals surface area contributed by atoms with Crippen LogP contribution in [0.1, 0.15) is 0 Å². The lowest BCUT2D eigenvalue weighted by Crippen LogP contribution is -1.99. The third-order valence-corrected chi connectivity index (χ3v) is 4.81. The van der Waals surface area contributed by atoms with E-state index in [4.69, 9.17) is 14.2 Å². The maximum Gasteiger partial charge on any atom is 0.253 e. The second-order valence-electron chi connectivity index (χ2n) is 5.37. The first-order valence-corrected chi connectivity index (χ1v) is 8.69. The van der Waals surface area contributed by atoms with E-state index in [1.54, 1.807) is 43.4 Å². The highest BCUT2D eigenvalue weighted by Gasteiger charge is 2.17. The lowest BCUT2D eigenvalue weighted by Gasteiger charge is -2.14. The van der Waals surface area contributed by atoms with Gasteiger partial charge in [-0.05, 0) is 29.6 Å². The molecule has 0 atom stereocenters. The number of aromatic nitrogens is 4. The Bertz CT molecular complexity index is 1030. The van der Waals surface area contributed by atoms with Crippen LogP contribution in [0.15, 0.2) is 41.9 Å². The van der Waals surface area contributed by atoms with Gasteiger partial charge in [0.2, 0.25) is 5.75 Å². The van der Waals surface area contributed by atoms with Gasteiger partial charge in [0.25, 0.3) is 5.78 Å². The Morgan fingerprint density at radius 3 is 2.38 bits per heavy atom. The molecule has 8 heteroatoms. The topological polar surface area (TPSA) is 70.8 Å². The van der Waals surface area contributed by atoms with E-state index < -0.39 is 0 Å². The van der Waals surface area contributed by atoms with Crippen LogP contribution in [-0.4, -0.2) is 40.9 Å². The smallest absolute Gasteiger partial charge is 0.253 e. The van der Waals surface area contributed by atoms with Crippen molar-refractivity contribution in [3.63, 3.8) is 0 Å². The van der Waals surface area contributed by atoms with E-state index in [-0.39, 0.29) is 0 Å². The molecule has 0 spiro atoms. The lowest BCUT2D eigenvalue weighted by molar-refractivity contribution is 0.324. The Labute approximate surface area is 153 Å². The summed E-state index contributed by atoms with van der Waals surface area (Å²) in [4.78, 5) is 9.84. The standard InChI is InChI=1S/C18H16N4O3S/c1-23-13-9-11(10-14(24-2)16(13)25-3)12-6-7-19-18-20-17(21-22(12)18)15-5-4-8-26-15/h4-10H,1-3H3. The van der Waals surface area contributed by atoms with Crippen molar-refractivity contribution in [3.8, 4) is 39.2 Å². The van der Waals surface area contributed by atoms with E-state index in [1.165, 1.54) is 0 Å². The molecule has 0 aliphatic heterocycles. The molecule has 0 radical (unpaired) electrons. The summed E-state index contributed by atoms with van der Waals surface area (Å²) in [5, 5.41) is 6.62. The number of thiophene rings is 1. The second-order valence-corrected chi connectivity index (χ2v) is 6.32. The molecule has 0 aliphatic carbocycles. The fourth-order valence-electron chi connectivity index (χ4n) is 2.75. The molecule has 0 fully saturated rings. The molecule has 4 aromatic rings. The molecule has 1 aromatic carbocycles. The zero-order valence-corrected chi connectivity index (χ0v) is 15.3. The number of hydrogen-bond acceptors (Lipinski definition) is 7. The van der Waals surface area contributed by atoms with E-state index >= 15 is 0 Å². The van der Waals surface area contributed by atoms with Gasteiger partial charge in [-0.2, -0.15) is 9.50 Å². The van der Waals surface area contributed by atoms with Crippen LogP contribution in [0.4, 0.5) is 0 Å². The molecule has 7 nitrogen and oxygen atoms in total. The third kappa shape index (κ3) is 2.64. The number of ether oxygens (including phenoxy) is 3. The molecule has 0 aliphatic rings. The number of methoxy groups -OCH3 is 3. The lowest BCUT2D eigenvalue weighted by atomic mass is 10.1. The van der Waals surface area contributed by atoms with Gasteiger partial charge in [0.15, 0.2) is 17.3 Å². The Balaban J connectivity index is 1.92. The molecular weight excluding hydrogens is 352 g/mol. The van der Waals surface area contributed by atoms with Gasteiger partial charge in [-0.3, -0.25) is 0 Å². The number of hydrogen-bond donors (Lipinski definition) is 0. The predicted octanol–water partition coefficient (Wildman–Crippen LogP) is 3.55. The molecule has 0 unspecified atom stereocenters. The summed E-state index contributed by atoms with van der Waals surface area (Å²) in [6, 6.07) is 9.59. The largest absolute Gasteiger partial charge is 0.493 e. The molecule has 0 saturated heterocycles. The van der Waals surface area contributed by atoms with Crippen LogP contribution < -0.4 is 14.2 Å². The van der Waals surface area contributed by atoms with Crippen molar-refractivity contribution >= 4 is 17.1 Å². The normalized spacial score (nSPS) is 10.9. The molecule has 0 N–H and O–H groups in total. The second kappa shape index (κ2) is 6.64. The van der Waals surface area contributed by atoms with Crippen molar-refractivity contribution in [3.05, 3.63) is 41.9 Å². The van der Waals surface area contributed by atoms with Crippen LogP contribution in [0.2, 0.25) is 0 Å². The predicted molar refractivity (Wildman–Crippen MR) is 99.2 cm³/mol. The fraction of sp³-hybridized carbons (Fsp3) is 0.167. The average Bonchev–Trinajstić information content (AvgIpc) is 3.35. The summed E-state index contributed by atoms with van der Waals surface area (Å²) in [6.07, 6.45) is 1.71. The monoisotopic (exact) mass is 368 g/mol. The van der Waals surface area contributed by atoms with Crippen molar-refractivity contribution in [2.75, 3.05) is 21.3 Å². The molecular formula is C18H16N4O3S. The minimum absolute atomic E-state index is 0.527. The molecule has 0 saturated carbocycles. The number of nitrogens with zero attached hydrogens (tertiary/aromatic N) is 4. The summed E-state index contributed by atoms with van der Waals surface area (Å²) >= 11 is 1.59. The summed E-state index contributed by atoms with van der Waals surface area (Å²) in [5.41, 5.74) is 1.68. The highest BCUT2D eigenvalue weighted by atomic mass is 32.1. The minimum atomic E-state index is 0.527. The van der Waals surface area contributed by atoms with E-state index in [0.717, 1.165) is 16.1 Å². The molecule has 132 valence electrons. The van der Waals surface area contributed by atoms with Gasteiger partial charge in [0.1, 0.15) is 0 Å². The van der Waals surface area contributed by atoms with Crippen molar-refractivity contribution in [1.82, 2.24) is 19.6 Å². The summed E-state index contributed by atoms with van der Waals surface area (Å²) in [7, 11) is 4.76.